The molecule has 4 nitrogen and oxygen atoms in total. The van der Waals surface area contributed by atoms with Gasteiger partial charge >= 0.3 is 0 Å². The van der Waals surface area contributed by atoms with Crippen LogP contribution in [-0.2, 0) is 4.79 Å². The highest BCUT2D eigenvalue weighted by atomic mass is 35.5. The monoisotopic (exact) mass is 309 g/mol. The molecule has 1 aliphatic heterocycles. The van der Waals surface area contributed by atoms with E-state index in [-0.39, 0.29) is 34.6 Å². The molecule has 4 unspecified atom stereocenters. The van der Waals surface area contributed by atoms with Crippen molar-refractivity contribution in [3.05, 3.63) is 35.3 Å². The molecule has 0 saturated carbocycles. The third kappa shape index (κ3) is 3.01. The van der Waals surface area contributed by atoms with Crippen molar-refractivity contribution < 1.29 is 15.0 Å². The Bertz CT molecular complexity index is 538. The van der Waals surface area contributed by atoms with E-state index in [4.69, 9.17) is 11.6 Å². The number of carbonyl (C=O) groups is 1. The van der Waals surface area contributed by atoms with Crippen molar-refractivity contribution in [1.82, 2.24) is 5.32 Å². The Morgan fingerprint density at radius 3 is 2.81 bits per heavy atom. The minimum atomic E-state index is -0.317. The Balaban J connectivity index is 1.73. The molecule has 0 spiro atoms. The van der Waals surface area contributed by atoms with Crippen LogP contribution < -0.4 is 5.32 Å². The molecule has 3 aliphatic rings. The third-order valence-corrected chi connectivity index (χ3v) is 5.17. The number of hydrogen-bond donors (Lipinski definition) is 3. The number of piperidine rings is 1. The van der Waals surface area contributed by atoms with Gasteiger partial charge in [0.25, 0.3) is 0 Å². The fourth-order valence-electron chi connectivity index (χ4n) is 3.61. The summed E-state index contributed by atoms with van der Waals surface area (Å²) in [6, 6.07) is 0.266. The average Bonchev–Trinajstić information content (AvgIpc) is 2.44. The molecule has 3 rings (SSSR count). The maximum absolute atomic E-state index is 11.5. The summed E-state index contributed by atoms with van der Waals surface area (Å²) in [7, 11) is 0. The first-order chi connectivity index (χ1) is 10.0. The van der Waals surface area contributed by atoms with Crippen LogP contribution in [0.15, 0.2) is 35.3 Å². The standard InChI is InChI=1S/C16H20ClNO3/c17-13-8-16(21)15(20)7-10(13)6-14-12-2-1-11(19)5-9(12)3-4-18-14/h5,7-8,10,12-14,18,20-21H,1-4,6H2. The van der Waals surface area contributed by atoms with Crippen molar-refractivity contribution in [1.29, 1.82) is 0 Å². The van der Waals surface area contributed by atoms with Gasteiger partial charge in [0.05, 0.1) is 5.38 Å². The Hall–Kier alpha value is -1.26. The quantitative estimate of drug-likeness (QED) is 0.686. The molecular weight excluding hydrogens is 290 g/mol. The summed E-state index contributed by atoms with van der Waals surface area (Å²) >= 11 is 6.27. The summed E-state index contributed by atoms with van der Waals surface area (Å²) in [5.74, 6) is 0.363. The van der Waals surface area contributed by atoms with Gasteiger partial charge in [-0.05, 0) is 50.0 Å². The van der Waals surface area contributed by atoms with E-state index in [1.54, 1.807) is 6.08 Å². The van der Waals surface area contributed by atoms with Gasteiger partial charge in [0.15, 0.2) is 17.3 Å². The lowest BCUT2D eigenvalue weighted by Gasteiger charge is -2.39. The molecule has 0 aromatic heterocycles. The van der Waals surface area contributed by atoms with E-state index in [0.29, 0.717) is 12.3 Å². The maximum atomic E-state index is 11.5. The second-order valence-electron chi connectivity index (χ2n) is 6.09. The van der Waals surface area contributed by atoms with Gasteiger partial charge in [-0.15, -0.1) is 11.6 Å². The lowest BCUT2D eigenvalue weighted by molar-refractivity contribution is -0.115. The summed E-state index contributed by atoms with van der Waals surface area (Å²) in [5, 5.41) is 22.4. The van der Waals surface area contributed by atoms with E-state index in [1.165, 1.54) is 11.6 Å². The zero-order valence-corrected chi connectivity index (χ0v) is 12.5. The molecule has 21 heavy (non-hydrogen) atoms. The highest BCUT2D eigenvalue weighted by Crippen LogP contribution is 2.36. The molecule has 4 atom stereocenters. The van der Waals surface area contributed by atoms with Crippen LogP contribution in [0.3, 0.4) is 0 Å². The molecule has 1 heterocycles. The topological polar surface area (TPSA) is 69.6 Å². The number of ketones is 1. The van der Waals surface area contributed by atoms with Crippen LogP contribution in [0.4, 0.5) is 0 Å². The van der Waals surface area contributed by atoms with Crippen LogP contribution >= 0.6 is 11.6 Å². The van der Waals surface area contributed by atoms with Gasteiger partial charge in [-0.1, -0.05) is 5.57 Å². The van der Waals surface area contributed by atoms with Crippen molar-refractivity contribution in [3.63, 3.8) is 0 Å². The van der Waals surface area contributed by atoms with Crippen molar-refractivity contribution in [2.24, 2.45) is 11.8 Å². The van der Waals surface area contributed by atoms with Gasteiger partial charge in [0, 0.05) is 18.4 Å². The molecule has 0 bridgehead atoms. The fraction of sp³-hybridized carbons (Fsp3) is 0.562. The summed E-state index contributed by atoms with van der Waals surface area (Å²) < 4.78 is 0. The number of halogens is 1. The molecule has 0 aromatic rings. The van der Waals surface area contributed by atoms with Crippen LogP contribution in [0.1, 0.15) is 25.7 Å². The second-order valence-corrected chi connectivity index (χ2v) is 6.59. The second kappa shape index (κ2) is 5.85. The van der Waals surface area contributed by atoms with E-state index < -0.39 is 0 Å². The number of carbonyl (C=O) groups excluding carboxylic acids is 1. The van der Waals surface area contributed by atoms with Crippen molar-refractivity contribution in [2.75, 3.05) is 6.54 Å². The third-order valence-electron chi connectivity index (χ3n) is 4.72. The van der Waals surface area contributed by atoms with Crippen molar-refractivity contribution in [3.8, 4) is 0 Å². The van der Waals surface area contributed by atoms with E-state index in [9.17, 15) is 15.0 Å². The number of rotatable bonds is 2. The number of hydrogen-bond acceptors (Lipinski definition) is 4. The largest absolute Gasteiger partial charge is 0.504 e. The first-order valence-corrected chi connectivity index (χ1v) is 7.91. The average molecular weight is 310 g/mol. The lowest BCUT2D eigenvalue weighted by Crippen LogP contribution is -2.45. The van der Waals surface area contributed by atoms with Gasteiger partial charge in [0.2, 0.25) is 0 Å². The molecule has 1 fully saturated rings. The molecule has 2 aliphatic carbocycles. The first kappa shape index (κ1) is 14.7. The van der Waals surface area contributed by atoms with Crippen LogP contribution in [0.25, 0.3) is 0 Å². The van der Waals surface area contributed by atoms with Crippen molar-refractivity contribution >= 4 is 17.4 Å². The molecular formula is C16H20ClNO3. The van der Waals surface area contributed by atoms with Gasteiger partial charge in [-0.3, -0.25) is 4.79 Å². The van der Waals surface area contributed by atoms with Crippen LogP contribution in [-0.4, -0.2) is 34.0 Å². The van der Waals surface area contributed by atoms with Gasteiger partial charge in [-0.2, -0.15) is 0 Å². The highest BCUT2D eigenvalue weighted by molar-refractivity contribution is 6.22. The van der Waals surface area contributed by atoms with Gasteiger partial charge in [-0.25, -0.2) is 0 Å². The molecule has 0 amide bonds. The Kier molecular flexibility index (Phi) is 4.09. The van der Waals surface area contributed by atoms with Crippen LogP contribution in [0, 0.1) is 11.8 Å². The maximum Gasteiger partial charge on any atom is 0.155 e. The summed E-state index contributed by atoms with van der Waals surface area (Å²) in [4.78, 5) is 11.5. The molecule has 0 aromatic carbocycles. The summed E-state index contributed by atoms with van der Waals surface area (Å²) in [6.07, 6.45) is 8.18. The number of nitrogens with one attached hydrogen (secondary N) is 1. The predicted octanol–water partition coefficient (Wildman–Crippen LogP) is 2.76. The van der Waals surface area contributed by atoms with Crippen LogP contribution in [0.2, 0.25) is 0 Å². The Morgan fingerprint density at radius 2 is 2.00 bits per heavy atom. The predicted molar refractivity (Wildman–Crippen MR) is 81.4 cm³/mol. The summed E-state index contributed by atoms with van der Waals surface area (Å²) in [5.41, 5.74) is 1.25. The highest BCUT2D eigenvalue weighted by Gasteiger charge is 2.35. The van der Waals surface area contributed by atoms with E-state index in [2.05, 4.69) is 5.32 Å². The first-order valence-electron chi connectivity index (χ1n) is 7.47. The SMILES string of the molecule is O=C1C=C2CCNC(CC3C=C(O)C(O)=CC3Cl)C2CC1. The molecule has 3 N–H and O–H groups in total. The van der Waals surface area contributed by atoms with E-state index in [1.807, 2.05) is 6.08 Å². The number of allylic oxidation sites excluding steroid dienone is 3. The zero-order valence-electron chi connectivity index (χ0n) is 11.8. The molecule has 0 radical (unpaired) electrons. The fourth-order valence-corrected chi connectivity index (χ4v) is 3.90. The Labute approximate surface area is 129 Å². The van der Waals surface area contributed by atoms with Gasteiger partial charge in [0.1, 0.15) is 0 Å². The lowest BCUT2D eigenvalue weighted by atomic mass is 9.74. The minimum Gasteiger partial charge on any atom is -0.504 e. The number of alkyl halides is 1. The zero-order chi connectivity index (χ0) is 15.0. The van der Waals surface area contributed by atoms with Crippen molar-refractivity contribution in [2.45, 2.75) is 37.1 Å². The van der Waals surface area contributed by atoms with Crippen LogP contribution in [0.5, 0.6) is 0 Å². The number of fused-ring (bicyclic) bond motifs is 1. The number of aliphatic hydroxyl groups excluding tert-OH is 2. The minimum absolute atomic E-state index is 0.0166. The molecule has 5 heteroatoms. The summed E-state index contributed by atoms with van der Waals surface area (Å²) in [6.45, 7) is 0.872. The molecule has 1 saturated heterocycles. The number of aliphatic hydroxyl groups is 2. The molecule has 114 valence electrons. The van der Waals surface area contributed by atoms with E-state index in [0.717, 1.165) is 25.8 Å². The Morgan fingerprint density at radius 1 is 1.24 bits per heavy atom. The smallest absolute Gasteiger partial charge is 0.155 e. The van der Waals surface area contributed by atoms with E-state index >= 15 is 0 Å². The van der Waals surface area contributed by atoms with Gasteiger partial charge < -0.3 is 15.5 Å². The normalized spacial score (nSPS) is 36.4.